The minimum absolute atomic E-state index is 0.0275. The van der Waals surface area contributed by atoms with E-state index in [1.54, 1.807) is 44.2 Å². The summed E-state index contributed by atoms with van der Waals surface area (Å²) in [5.74, 6) is -2.62. The van der Waals surface area contributed by atoms with Gasteiger partial charge in [-0.25, -0.2) is 9.59 Å². The van der Waals surface area contributed by atoms with Crippen molar-refractivity contribution in [1.29, 1.82) is 0 Å². The number of rotatable bonds is 7. The number of carbonyl (C=O) groups excluding carboxylic acids is 4. The number of nitrogens with zero attached hydrogens (tertiary/aromatic N) is 1. The van der Waals surface area contributed by atoms with Crippen LogP contribution < -0.4 is 5.32 Å². The van der Waals surface area contributed by atoms with Gasteiger partial charge in [0, 0.05) is 5.56 Å². The molecule has 1 aromatic rings. The van der Waals surface area contributed by atoms with Gasteiger partial charge in [0.15, 0.2) is 0 Å². The predicted molar refractivity (Wildman–Crippen MR) is 86.5 cm³/mol. The molecular weight excluding hydrogens is 328 g/mol. The van der Waals surface area contributed by atoms with Gasteiger partial charge in [-0.2, -0.15) is 0 Å². The fourth-order valence-corrected chi connectivity index (χ4v) is 2.42. The number of hydrogen-bond acceptors (Lipinski definition) is 6. The van der Waals surface area contributed by atoms with Gasteiger partial charge in [0.1, 0.15) is 6.04 Å². The lowest BCUT2D eigenvalue weighted by Crippen LogP contribution is -2.69. The summed E-state index contributed by atoms with van der Waals surface area (Å²) in [7, 11) is 0. The molecule has 0 saturated carbocycles. The number of hydrogen-bond donors (Lipinski definition) is 1. The van der Waals surface area contributed by atoms with E-state index < -0.39 is 35.8 Å². The Bertz CT molecular complexity index is 642. The lowest BCUT2D eigenvalue weighted by molar-refractivity contribution is -0.173. The van der Waals surface area contributed by atoms with Crippen molar-refractivity contribution < 1.29 is 28.7 Å². The van der Waals surface area contributed by atoms with E-state index in [-0.39, 0.29) is 19.8 Å². The predicted octanol–water partition coefficient (Wildman–Crippen LogP) is 0.122. The van der Waals surface area contributed by atoms with Crippen LogP contribution in [-0.4, -0.2) is 60.5 Å². The Morgan fingerprint density at radius 1 is 1.12 bits per heavy atom. The molecule has 8 nitrogen and oxygen atoms in total. The first-order valence-corrected chi connectivity index (χ1v) is 7.99. The highest BCUT2D eigenvalue weighted by Gasteiger charge is 2.48. The van der Waals surface area contributed by atoms with E-state index in [0.717, 1.165) is 4.90 Å². The molecule has 1 fully saturated rings. The first-order chi connectivity index (χ1) is 12.0. The zero-order chi connectivity index (χ0) is 18.4. The van der Waals surface area contributed by atoms with Crippen molar-refractivity contribution in [3.05, 3.63) is 35.9 Å². The van der Waals surface area contributed by atoms with Gasteiger partial charge >= 0.3 is 11.9 Å². The van der Waals surface area contributed by atoms with Crippen LogP contribution in [0.25, 0.3) is 0 Å². The molecule has 0 spiro atoms. The largest absolute Gasteiger partial charge is 0.464 e. The van der Waals surface area contributed by atoms with Crippen LogP contribution in [0.1, 0.15) is 24.2 Å². The molecule has 0 radical (unpaired) electrons. The Hall–Kier alpha value is -2.90. The number of carbonyl (C=O) groups is 4. The first-order valence-electron chi connectivity index (χ1n) is 7.99. The number of nitrogens with one attached hydrogen (secondary N) is 1. The molecule has 1 saturated heterocycles. The minimum Gasteiger partial charge on any atom is -0.464 e. The maximum Gasteiger partial charge on any atom is 0.340 e. The first kappa shape index (κ1) is 18.4. The fraction of sp³-hybridized carbons (Fsp3) is 0.412. The number of esters is 2. The Balaban J connectivity index is 2.01. The van der Waals surface area contributed by atoms with Gasteiger partial charge in [0.05, 0.1) is 19.8 Å². The van der Waals surface area contributed by atoms with Gasteiger partial charge in [-0.3, -0.25) is 9.59 Å². The van der Waals surface area contributed by atoms with Gasteiger partial charge in [0.25, 0.3) is 5.91 Å². The molecule has 0 bridgehead atoms. The smallest absolute Gasteiger partial charge is 0.340 e. The molecule has 1 aromatic carbocycles. The van der Waals surface area contributed by atoms with Crippen molar-refractivity contribution in [2.45, 2.75) is 25.9 Å². The lowest BCUT2D eigenvalue weighted by atomic mass is 10.0. The highest BCUT2D eigenvalue weighted by molar-refractivity contribution is 6.06. The second-order valence-corrected chi connectivity index (χ2v) is 5.29. The maximum atomic E-state index is 12.3. The molecule has 1 heterocycles. The summed E-state index contributed by atoms with van der Waals surface area (Å²) in [6, 6.07) is 6.20. The van der Waals surface area contributed by atoms with E-state index >= 15 is 0 Å². The van der Waals surface area contributed by atoms with E-state index in [1.165, 1.54) is 0 Å². The van der Waals surface area contributed by atoms with Crippen LogP contribution in [0.2, 0.25) is 0 Å². The number of β-lactam (4-membered cyclic amide) rings is 1. The summed E-state index contributed by atoms with van der Waals surface area (Å²) in [5.41, 5.74) is 0.418. The summed E-state index contributed by atoms with van der Waals surface area (Å²) >= 11 is 0. The zero-order valence-corrected chi connectivity index (χ0v) is 14.1. The normalized spacial score (nSPS) is 16.2. The molecule has 1 atom stereocenters. The van der Waals surface area contributed by atoms with E-state index in [9.17, 15) is 19.2 Å². The van der Waals surface area contributed by atoms with Crippen molar-refractivity contribution in [2.75, 3.05) is 19.8 Å². The van der Waals surface area contributed by atoms with Crippen molar-refractivity contribution in [3.8, 4) is 0 Å². The third-order valence-electron chi connectivity index (χ3n) is 3.63. The van der Waals surface area contributed by atoms with Gasteiger partial charge in [0.2, 0.25) is 11.9 Å². The molecule has 25 heavy (non-hydrogen) atoms. The van der Waals surface area contributed by atoms with Crippen molar-refractivity contribution in [3.63, 3.8) is 0 Å². The number of ether oxygens (including phenoxy) is 2. The van der Waals surface area contributed by atoms with E-state index in [4.69, 9.17) is 9.47 Å². The Morgan fingerprint density at radius 3 is 2.16 bits per heavy atom. The van der Waals surface area contributed by atoms with E-state index in [2.05, 4.69) is 5.32 Å². The number of amides is 2. The second-order valence-electron chi connectivity index (χ2n) is 5.29. The van der Waals surface area contributed by atoms with Crippen LogP contribution >= 0.6 is 0 Å². The Kier molecular flexibility index (Phi) is 6.10. The Labute approximate surface area is 145 Å². The van der Waals surface area contributed by atoms with Gasteiger partial charge < -0.3 is 19.7 Å². The monoisotopic (exact) mass is 348 g/mol. The highest BCUT2D eigenvalue weighted by atomic mass is 16.6. The van der Waals surface area contributed by atoms with Crippen molar-refractivity contribution >= 4 is 23.8 Å². The standard InChI is InChI=1S/C17H20N2O6/c1-3-24-16(22)13(17(23)25-4-2)19-10-12(15(19)21)18-14(20)11-8-6-5-7-9-11/h5-9,12-13H,3-4,10H2,1-2H3,(H,18,20). The molecule has 1 N–H and O–H groups in total. The quantitative estimate of drug-likeness (QED) is 0.427. The van der Waals surface area contributed by atoms with Crippen LogP contribution in [0.5, 0.6) is 0 Å². The molecule has 0 aromatic heterocycles. The zero-order valence-electron chi connectivity index (χ0n) is 14.1. The highest BCUT2D eigenvalue weighted by Crippen LogP contribution is 2.18. The maximum absolute atomic E-state index is 12.3. The molecule has 1 unspecified atom stereocenters. The van der Waals surface area contributed by atoms with Crippen LogP contribution in [0.15, 0.2) is 30.3 Å². The third-order valence-corrected chi connectivity index (χ3v) is 3.63. The average molecular weight is 348 g/mol. The van der Waals surface area contributed by atoms with Gasteiger partial charge in [-0.1, -0.05) is 18.2 Å². The second kappa shape index (κ2) is 8.27. The average Bonchev–Trinajstić information content (AvgIpc) is 2.61. The molecule has 1 aliphatic rings. The fourth-order valence-electron chi connectivity index (χ4n) is 2.42. The lowest BCUT2D eigenvalue weighted by Gasteiger charge is -2.41. The molecule has 1 aliphatic heterocycles. The summed E-state index contributed by atoms with van der Waals surface area (Å²) in [5, 5.41) is 2.57. The molecule has 0 aliphatic carbocycles. The molecule has 134 valence electrons. The van der Waals surface area contributed by atoms with Crippen molar-refractivity contribution in [1.82, 2.24) is 10.2 Å². The summed E-state index contributed by atoms with van der Waals surface area (Å²) in [6.07, 6.45) is 0. The minimum atomic E-state index is -1.45. The van der Waals surface area contributed by atoms with Crippen LogP contribution in [0.3, 0.4) is 0 Å². The molecule has 2 rings (SSSR count). The van der Waals surface area contributed by atoms with E-state index in [0.29, 0.717) is 5.56 Å². The van der Waals surface area contributed by atoms with Crippen molar-refractivity contribution in [2.24, 2.45) is 0 Å². The SMILES string of the molecule is CCOC(=O)C(C(=O)OCC)N1CC(NC(=O)c2ccccc2)C1=O. The molecule has 2 amide bonds. The molecular formula is C17H20N2O6. The van der Waals surface area contributed by atoms with Crippen LogP contribution in [0, 0.1) is 0 Å². The van der Waals surface area contributed by atoms with Crippen LogP contribution in [0.4, 0.5) is 0 Å². The number of likely N-dealkylation sites (tertiary alicyclic amines) is 1. The summed E-state index contributed by atoms with van der Waals surface area (Å²) < 4.78 is 9.68. The van der Waals surface area contributed by atoms with E-state index in [1.807, 2.05) is 0 Å². The third kappa shape index (κ3) is 4.14. The summed E-state index contributed by atoms with van der Waals surface area (Å²) in [6.45, 7) is 3.37. The topological polar surface area (TPSA) is 102 Å². The molecule has 8 heteroatoms. The number of benzene rings is 1. The van der Waals surface area contributed by atoms with Gasteiger partial charge in [-0.05, 0) is 26.0 Å². The van der Waals surface area contributed by atoms with Gasteiger partial charge in [-0.15, -0.1) is 0 Å². The summed E-state index contributed by atoms with van der Waals surface area (Å²) in [4.78, 5) is 49.4. The van der Waals surface area contributed by atoms with Crippen LogP contribution in [-0.2, 0) is 23.9 Å². The Morgan fingerprint density at radius 2 is 1.68 bits per heavy atom.